The molecule has 34 heavy (non-hydrogen) atoms. The summed E-state index contributed by atoms with van der Waals surface area (Å²) in [6.07, 6.45) is 1.82. The summed E-state index contributed by atoms with van der Waals surface area (Å²) in [6.45, 7) is 4.29. The van der Waals surface area contributed by atoms with Crippen LogP contribution in [0.15, 0.2) is 66.7 Å². The Kier molecular flexibility index (Phi) is 5.51. The van der Waals surface area contributed by atoms with E-state index < -0.39 is 11.5 Å². The molecule has 1 aliphatic heterocycles. The van der Waals surface area contributed by atoms with Gasteiger partial charge in [-0.05, 0) is 79.3 Å². The van der Waals surface area contributed by atoms with Crippen LogP contribution < -0.4 is 14.8 Å². The lowest BCUT2D eigenvalue weighted by Crippen LogP contribution is -2.56. The summed E-state index contributed by atoms with van der Waals surface area (Å²) >= 11 is 0. The van der Waals surface area contributed by atoms with Gasteiger partial charge < -0.3 is 19.5 Å². The first kappa shape index (κ1) is 22.3. The highest BCUT2D eigenvalue weighted by Crippen LogP contribution is 2.70. The highest BCUT2D eigenvalue weighted by molar-refractivity contribution is 5.86. The number of hydrogen-bond donors (Lipinski definition) is 1. The number of methoxy groups -OCH3 is 2. The second-order valence-electron chi connectivity index (χ2n) is 9.24. The number of carbonyl (C=O) groups excluding carboxylic acids is 1. The molecular weight excluding hydrogens is 426 g/mol. The molecule has 2 aliphatic rings. The van der Waals surface area contributed by atoms with Gasteiger partial charge in [-0.3, -0.25) is 0 Å². The summed E-state index contributed by atoms with van der Waals surface area (Å²) < 4.78 is 16.5. The van der Waals surface area contributed by atoms with Crippen LogP contribution in [0.1, 0.15) is 42.0 Å². The van der Waals surface area contributed by atoms with E-state index in [9.17, 15) is 4.79 Å². The van der Waals surface area contributed by atoms with Gasteiger partial charge in [-0.1, -0.05) is 36.4 Å². The maximum absolute atomic E-state index is 13.4. The smallest absolute Gasteiger partial charge is 0.329 e. The van der Waals surface area contributed by atoms with E-state index in [0.29, 0.717) is 6.61 Å². The van der Waals surface area contributed by atoms with Crippen molar-refractivity contribution in [3.63, 3.8) is 0 Å². The minimum absolute atomic E-state index is 0.196. The highest BCUT2D eigenvalue weighted by atomic mass is 16.5. The molecule has 1 unspecified atom stereocenters. The van der Waals surface area contributed by atoms with Crippen molar-refractivity contribution in [2.24, 2.45) is 5.41 Å². The van der Waals surface area contributed by atoms with Crippen molar-refractivity contribution in [1.82, 2.24) is 0 Å². The molecule has 5 nitrogen and oxygen atoms in total. The van der Waals surface area contributed by atoms with Crippen LogP contribution in [0.5, 0.6) is 11.5 Å². The molecule has 5 heteroatoms. The van der Waals surface area contributed by atoms with Gasteiger partial charge in [0.1, 0.15) is 17.5 Å². The van der Waals surface area contributed by atoms with Crippen LogP contribution in [0.2, 0.25) is 0 Å². The lowest BCUT2D eigenvalue weighted by Gasteiger charge is -2.51. The Balaban J connectivity index is 1.84. The Labute approximate surface area is 201 Å². The van der Waals surface area contributed by atoms with E-state index in [-0.39, 0.29) is 11.4 Å². The zero-order valence-electron chi connectivity index (χ0n) is 20.2. The summed E-state index contributed by atoms with van der Waals surface area (Å²) in [5.74, 6) is 1.41. The fourth-order valence-corrected chi connectivity index (χ4v) is 5.93. The van der Waals surface area contributed by atoms with Gasteiger partial charge >= 0.3 is 5.97 Å². The summed E-state index contributed by atoms with van der Waals surface area (Å²) in [4.78, 5) is 13.4. The number of hydrogen-bond acceptors (Lipinski definition) is 5. The number of benzene rings is 3. The molecule has 1 heterocycles. The predicted molar refractivity (Wildman–Crippen MR) is 133 cm³/mol. The molecule has 1 saturated carbocycles. The van der Waals surface area contributed by atoms with Gasteiger partial charge in [0.05, 0.1) is 26.2 Å². The molecule has 1 atom stereocenters. The lowest BCUT2D eigenvalue weighted by atomic mass is 9.55. The summed E-state index contributed by atoms with van der Waals surface area (Å²) in [7, 11) is 3.35. The van der Waals surface area contributed by atoms with Crippen molar-refractivity contribution >= 4 is 11.7 Å². The van der Waals surface area contributed by atoms with E-state index >= 15 is 0 Å². The average Bonchev–Trinajstić information content (AvgIpc) is 3.66. The summed E-state index contributed by atoms with van der Waals surface area (Å²) in [5.41, 5.74) is 4.66. The SMILES string of the molecule is CCOC(=O)C1Nc2cc(C)ccc2C(c2ccc(OC)cc2)(c2ccc(OC)cc2)C12CC2. The van der Waals surface area contributed by atoms with E-state index in [4.69, 9.17) is 14.2 Å². The van der Waals surface area contributed by atoms with Crippen LogP contribution in [0, 0.1) is 12.3 Å². The third kappa shape index (κ3) is 3.17. The second kappa shape index (κ2) is 8.39. The van der Waals surface area contributed by atoms with E-state index in [1.165, 1.54) is 5.56 Å². The number of esters is 1. The van der Waals surface area contributed by atoms with E-state index in [1.54, 1.807) is 14.2 Å². The predicted octanol–water partition coefficient (Wildman–Crippen LogP) is 5.48. The highest BCUT2D eigenvalue weighted by Gasteiger charge is 2.69. The maximum atomic E-state index is 13.4. The number of carbonyl (C=O) groups is 1. The first-order chi connectivity index (χ1) is 16.5. The minimum Gasteiger partial charge on any atom is -0.497 e. The molecule has 0 radical (unpaired) electrons. The number of anilines is 1. The molecule has 0 bridgehead atoms. The topological polar surface area (TPSA) is 56.8 Å². The minimum atomic E-state index is -0.544. The fraction of sp³-hybridized carbons (Fsp3) is 0.345. The standard InChI is InChI=1S/C29H31NO4/c1-5-34-27(31)26-28(16-17-28)29(20-7-11-22(32-3)12-8-20,21-9-13-23(33-4)14-10-21)24-15-6-19(2)18-25(24)30-26/h6-15,18,26,30H,5,16-17H2,1-4H3. The second-order valence-corrected chi connectivity index (χ2v) is 9.24. The van der Waals surface area contributed by atoms with Gasteiger partial charge in [-0.2, -0.15) is 0 Å². The third-order valence-corrected chi connectivity index (χ3v) is 7.54. The van der Waals surface area contributed by atoms with Crippen molar-refractivity contribution in [1.29, 1.82) is 0 Å². The van der Waals surface area contributed by atoms with Gasteiger partial charge in [-0.25, -0.2) is 4.79 Å². The molecule has 3 aromatic rings. The monoisotopic (exact) mass is 457 g/mol. The van der Waals surface area contributed by atoms with Crippen LogP contribution in [-0.4, -0.2) is 32.8 Å². The van der Waals surface area contributed by atoms with Crippen molar-refractivity contribution < 1.29 is 19.0 Å². The fourth-order valence-electron chi connectivity index (χ4n) is 5.93. The molecule has 1 aliphatic carbocycles. The van der Waals surface area contributed by atoms with Crippen LogP contribution in [0.4, 0.5) is 5.69 Å². The van der Waals surface area contributed by atoms with Crippen LogP contribution >= 0.6 is 0 Å². The van der Waals surface area contributed by atoms with Gasteiger partial charge in [0, 0.05) is 11.1 Å². The molecular formula is C29H31NO4. The number of aryl methyl sites for hydroxylation is 1. The van der Waals surface area contributed by atoms with Crippen molar-refractivity contribution in [2.45, 2.75) is 38.1 Å². The van der Waals surface area contributed by atoms with Gasteiger partial charge in [0.15, 0.2) is 0 Å². The molecule has 5 rings (SSSR count). The molecule has 1 N–H and O–H groups in total. The zero-order chi connectivity index (χ0) is 23.9. The van der Waals surface area contributed by atoms with Gasteiger partial charge in [0.25, 0.3) is 0 Å². The number of nitrogens with one attached hydrogen (secondary N) is 1. The Hall–Kier alpha value is -3.47. The first-order valence-electron chi connectivity index (χ1n) is 11.8. The van der Waals surface area contributed by atoms with Crippen molar-refractivity contribution in [3.05, 3.63) is 89.0 Å². The molecule has 3 aromatic carbocycles. The Morgan fingerprint density at radius 1 is 0.912 bits per heavy atom. The molecule has 0 amide bonds. The third-order valence-electron chi connectivity index (χ3n) is 7.54. The Morgan fingerprint density at radius 2 is 1.47 bits per heavy atom. The number of fused-ring (bicyclic) bond motifs is 1. The number of ether oxygens (including phenoxy) is 3. The van der Waals surface area contributed by atoms with Crippen LogP contribution in [-0.2, 0) is 14.9 Å². The average molecular weight is 458 g/mol. The van der Waals surface area contributed by atoms with Gasteiger partial charge in [0.2, 0.25) is 0 Å². The van der Waals surface area contributed by atoms with E-state index in [0.717, 1.165) is 46.7 Å². The molecule has 0 saturated heterocycles. The number of rotatable bonds is 6. The summed E-state index contributed by atoms with van der Waals surface area (Å²) in [6, 6.07) is 22.6. The first-order valence-corrected chi connectivity index (χ1v) is 11.8. The Morgan fingerprint density at radius 3 is 1.94 bits per heavy atom. The zero-order valence-corrected chi connectivity index (χ0v) is 20.2. The molecule has 176 valence electrons. The summed E-state index contributed by atoms with van der Waals surface area (Å²) in [5, 5.41) is 3.59. The lowest BCUT2D eigenvalue weighted by molar-refractivity contribution is -0.146. The Bertz CT molecular complexity index is 1150. The van der Waals surface area contributed by atoms with Gasteiger partial charge in [-0.15, -0.1) is 0 Å². The van der Waals surface area contributed by atoms with E-state index in [1.807, 2.05) is 31.2 Å². The molecule has 1 fully saturated rings. The van der Waals surface area contributed by atoms with Crippen molar-refractivity contribution in [3.8, 4) is 11.5 Å². The van der Waals surface area contributed by atoms with E-state index in [2.05, 4.69) is 54.7 Å². The van der Waals surface area contributed by atoms with Crippen LogP contribution in [0.3, 0.4) is 0 Å². The quantitative estimate of drug-likeness (QED) is 0.497. The van der Waals surface area contributed by atoms with Crippen LogP contribution in [0.25, 0.3) is 0 Å². The normalized spacial score (nSPS) is 19.0. The van der Waals surface area contributed by atoms with Crippen molar-refractivity contribution in [2.75, 3.05) is 26.1 Å². The molecule has 0 aromatic heterocycles. The molecule has 1 spiro atoms. The largest absolute Gasteiger partial charge is 0.497 e. The maximum Gasteiger partial charge on any atom is 0.329 e.